The van der Waals surface area contributed by atoms with Crippen molar-refractivity contribution in [3.8, 4) is 0 Å². The summed E-state index contributed by atoms with van der Waals surface area (Å²) in [5.74, 6) is -3.03. The van der Waals surface area contributed by atoms with Crippen molar-refractivity contribution in [1.82, 2.24) is 29.6 Å². The molecule has 16 heteroatoms. The van der Waals surface area contributed by atoms with E-state index in [0.29, 0.717) is 25.1 Å². The summed E-state index contributed by atoms with van der Waals surface area (Å²) in [5.41, 5.74) is 12.1. The first-order valence-electron chi connectivity index (χ1n) is 9.62. The minimum Gasteiger partial charge on any atom is -0.481 e. The van der Waals surface area contributed by atoms with E-state index in [0.717, 1.165) is 0 Å². The van der Waals surface area contributed by atoms with Crippen molar-refractivity contribution < 1.29 is 32.7 Å². The second-order valence-electron chi connectivity index (χ2n) is 6.94. The predicted molar refractivity (Wildman–Crippen MR) is 108 cm³/mol. The van der Waals surface area contributed by atoms with E-state index in [2.05, 4.69) is 24.8 Å². The highest BCUT2D eigenvalue weighted by Gasteiger charge is 2.31. The molecular formula is C16H26N8O7S. The number of nitrogens with two attached hydrogens (primary N) is 2. The van der Waals surface area contributed by atoms with Gasteiger partial charge in [0, 0.05) is 18.3 Å². The fourth-order valence-electron chi connectivity index (χ4n) is 2.75. The third-order valence-electron chi connectivity index (χ3n) is 4.30. The van der Waals surface area contributed by atoms with Crippen LogP contribution in [-0.2, 0) is 26.2 Å². The number of aromatic nitrogens is 4. The first-order valence-corrected chi connectivity index (χ1v) is 11.1. The number of unbranched alkanes of at least 4 members (excludes halogenated alkanes) is 1. The van der Waals surface area contributed by atoms with Gasteiger partial charge in [0.2, 0.25) is 5.89 Å². The molecule has 32 heavy (non-hydrogen) atoms. The van der Waals surface area contributed by atoms with E-state index >= 15 is 0 Å². The van der Waals surface area contributed by atoms with Crippen molar-refractivity contribution in [2.75, 3.05) is 6.54 Å². The molecule has 0 aliphatic carbocycles. The molecule has 178 valence electrons. The maximum atomic E-state index is 12.5. The Kier molecular flexibility index (Phi) is 9.21. The molecule has 2 aromatic heterocycles. The normalized spacial score (nSPS) is 14.7. The lowest BCUT2D eigenvalue weighted by Gasteiger charge is -2.18. The number of carbonyl (C=O) groups is 2. The molecule has 15 nitrogen and oxygen atoms in total. The van der Waals surface area contributed by atoms with E-state index in [4.69, 9.17) is 21.1 Å². The Hall–Kier alpha value is -2.92. The Balaban J connectivity index is 2.12. The zero-order chi connectivity index (χ0) is 23.7. The zero-order valence-corrected chi connectivity index (χ0v) is 17.8. The summed E-state index contributed by atoms with van der Waals surface area (Å²) in [6.45, 7) is 0.333. The standard InChI is InChI=1S/C16H26N8O7S/c17-4-2-1-3-11(16(27)28)23-32(29,30)24-12(6-13(25)26)15-21-14(22-31-15)10(18)5-9-7-19-8-20-9/h7-8,10-12,23-24H,1-6,17-18H2,(H,19,20)(H,25,26)(H,27,28)/t10-,11-,12-/m0/s1. The molecule has 0 aromatic carbocycles. The molecule has 0 aliphatic heterocycles. The quantitative estimate of drug-likeness (QED) is 0.146. The van der Waals surface area contributed by atoms with Crippen LogP contribution in [-0.4, -0.2) is 63.3 Å². The summed E-state index contributed by atoms with van der Waals surface area (Å²) in [5, 5.41) is 22.1. The van der Waals surface area contributed by atoms with Gasteiger partial charge < -0.3 is 31.2 Å². The number of H-pyrrole nitrogens is 1. The van der Waals surface area contributed by atoms with Crippen LogP contribution >= 0.6 is 0 Å². The van der Waals surface area contributed by atoms with Gasteiger partial charge in [-0.05, 0) is 19.4 Å². The molecule has 0 saturated heterocycles. The summed E-state index contributed by atoms with van der Waals surface area (Å²) in [6, 6.07) is -3.61. The van der Waals surface area contributed by atoms with Crippen LogP contribution in [0.4, 0.5) is 0 Å². The second-order valence-corrected chi connectivity index (χ2v) is 8.42. The number of hydrogen-bond acceptors (Lipinski definition) is 10. The summed E-state index contributed by atoms with van der Waals surface area (Å²) in [4.78, 5) is 33.4. The Labute approximate surface area is 183 Å². The van der Waals surface area contributed by atoms with Gasteiger partial charge in [0.25, 0.3) is 10.2 Å². The van der Waals surface area contributed by atoms with Crippen LogP contribution in [0.15, 0.2) is 17.0 Å². The van der Waals surface area contributed by atoms with Gasteiger partial charge in [0.1, 0.15) is 12.1 Å². The Bertz CT molecular complexity index is 978. The zero-order valence-electron chi connectivity index (χ0n) is 17.0. The Morgan fingerprint density at radius 1 is 1.25 bits per heavy atom. The van der Waals surface area contributed by atoms with Gasteiger partial charge >= 0.3 is 11.9 Å². The van der Waals surface area contributed by atoms with Gasteiger partial charge in [-0.1, -0.05) is 11.6 Å². The van der Waals surface area contributed by atoms with Crippen molar-refractivity contribution >= 4 is 22.1 Å². The van der Waals surface area contributed by atoms with E-state index in [1.807, 2.05) is 4.72 Å². The third-order valence-corrected chi connectivity index (χ3v) is 5.49. The summed E-state index contributed by atoms with van der Waals surface area (Å²) in [7, 11) is -4.46. The van der Waals surface area contributed by atoms with Crippen molar-refractivity contribution in [3.05, 3.63) is 29.9 Å². The van der Waals surface area contributed by atoms with Crippen molar-refractivity contribution in [2.45, 2.75) is 50.2 Å². The first kappa shape index (κ1) is 25.3. The largest absolute Gasteiger partial charge is 0.481 e. The van der Waals surface area contributed by atoms with Crippen LogP contribution in [0.3, 0.4) is 0 Å². The van der Waals surface area contributed by atoms with Crippen molar-refractivity contribution in [3.63, 3.8) is 0 Å². The number of nitrogens with zero attached hydrogens (tertiary/aromatic N) is 3. The van der Waals surface area contributed by atoms with Crippen LogP contribution in [0, 0.1) is 0 Å². The van der Waals surface area contributed by atoms with E-state index in [1.165, 1.54) is 6.33 Å². The van der Waals surface area contributed by atoms with Gasteiger partial charge in [-0.3, -0.25) is 9.59 Å². The topological polar surface area (TPSA) is 252 Å². The lowest BCUT2D eigenvalue weighted by molar-refractivity contribution is -0.139. The van der Waals surface area contributed by atoms with Crippen LogP contribution in [0.5, 0.6) is 0 Å². The van der Waals surface area contributed by atoms with Gasteiger partial charge in [0.05, 0.1) is 18.8 Å². The van der Waals surface area contributed by atoms with Crippen LogP contribution in [0.25, 0.3) is 0 Å². The molecule has 0 amide bonds. The molecule has 0 aliphatic rings. The molecule has 9 N–H and O–H groups in total. The molecule has 2 heterocycles. The summed E-state index contributed by atoms with van der Waals surface area (Å²) in [6.07, 6.45) is 3.47. The van der Waals surface area contributed by atoms with Crippen LogP contribution in [0.2, 0.25) is 0 Å². The van der Waals surface area contributed by atoms with Gasteiger partial charge in [0.15, 0.2) is 5.82 Å². The smallest absolute Gasteiger partial charge is 0.321 e. The second kappa shape index (κ2) is 11.6. The number of aliphatic carboxylic acids is 2. The Morgan fingerprint density at radius 2 is 2.00 bits per heavy atom. The fraction of sp³-hybridized carbons (Fsp3) is 0.562. The summed E-state index contributed by atoms with van der Waals surface area (Å²) < 4.78 is 34.0. The summed E-state index contributed by atoms with van der Waals surface area (Å²) >= 11 is 0. The fourth-order valence-corrected chi connectivity index (χ4v) is 3.97. The van der Waals surface area contributed by atoms with Crippen molar-refractivity contribution in [1.29, 1.82) is 0 Å². The molecule has 3 atom stereocenters. The van der Waals surface area contributed by atoms with E-state index in [-0.39, 0.29) is 24.6 Å². The SMILES string of the molecule is NCCCC[C@H](NS(=O)(=O)N[C@@H](CC(=O)O)c1nc([C@@H](N)Cc2cnc[nH]2)no1)C(=O)O. The highest BCUT2D eigenvalue weighted by molar-refractivity contribution is 7.87. The highest BCUT2D eigenvalue weighted by Crippen LogP contribution is 2.19. The minimum atomic E-state index is -4.46. The van der Waals surface area contributed by atoms with E-state index in [9.17, 15) is 23.1 Å². The van der Waals surface area contributed by atoms with Gasteiger partial charge in [-0.25, -0.2) is 4.98 Å². The number of imidazole rings is 1. The molecule has 2 aromatic rings. The minimum absolute atomic E-state index is 0.00417. The maximum Gasteiger partial charge on any atom is 0.321 e. The third kappa shape index (κ3) is 7.97. The number of nitrogens with one attached hydrogen (secondary N) is 3. The molecule has 0 unspecified atom stereocenters. The maximum absolute atomic E-state index is 12.5. The lowest BCUT2D eigenvalue weighted by Crippen LogP contribution is -2.47. The highest BCUT2D eigenvalue weighted by atomic mass is 32.2. The van der Waals surface area contributed by atoms with E-state index in [1.54, 1.807) is 6.20 Å². The molecule has 0 spiro atoms. The lowest BCUT2D eigenvalue weighted by atomic mass is 10.1. The number of carboxylic acid groups (broad SMARTS) is 2. The van der Waals surface area contributed by atoms with Crippen molar-refractivity contribution in [2.24, 2.45) is 11.5 Å². The van der Waals surface area contributed by atoms with Gasteiger partial charge in [-0.2, -0.15) is 22.8 Å². The molecule has 0 radical (unpaired) electrons. The number of hydrogen-bond donors (Lipinski definition) is 7. The molecule has 0 saturated carbocycles. The molecule has 0 fully saturated rings. The average molecular weight is 475 g/mol. The first-order chi connectivity index (χ1) is 15.1. The number of aromatic amines is 1. The number of rotatable bonds is 15. The van der Waals surface area contributed by atoms with Gasteiger partial charge in [-0.15, -0.1) is 0 Å². The monoisotopic (exact) mass is 474 g/mol. The van der Waals surface area contributed by atoms with Crippen LogP contribution in [0.1, 0.15) is 55.2 Å². The molecule has 2 rings (SSSR count). The predicted octanol–water partition coefficient (Wildman–Crippen LogP) is -1.44. The van der Waals surface area contributed by atoms with E-state index < -0.39 is 46.7 Å². The molecule has 0 bridgehead atoms. The number of carboxylic acids is 2. The Morgan fingerprint density at radius 3 is 2.59 bits per heavy atom. The average Bonchev–Trinajstić information content (AvgIpc) is 3.38. The van der Waals surface area contributed by atoms with Crippen LogP contribution < -0.4 is 20.9 Å². The molecular weight excluding hydrogens is 448 g/mol.